The summed E-state index contributed by atoms with van der Waals surface area (Å²) in [6.07, 6.45) is 1.60. The van der Waals surface area contributed by atoms with E-state index in [1.54, 1.807) is 6.33 Å². The Balaban J connectivity index is 1.34. The molecule has 0 fully saturated rings. The lowest BCUT2D eigenvalue weighted by atomic mass is 9.67. The van der Waals surface area contributed by atoms with Crippen molar-refractivity contribution in [3.63, 3.8) is 0 Å². The molecule has 0 saturated heterocycles. The molecule has 202 valence electrons. The van der Waals surface area contributed by atoms with Crippen molar-refractivity contribution in [1.82, 2.24) is 15.0 Å². The van der Waals surface area contributed by atoms with Gasteiger partial charge in [-0.25, -0.2) is 15.0 Å². The average Bonchev–Trinajstić information content (AvgIpc) is 3.41. The molecule has 1 aliphatic rings. The average molecular weight is 550 g/mol. The summed E-state index contributed by atoms with van der Waals surface area (Å²) in [5, 5.41) is 0. The van der Waals surface area contributed by atoms with Crippen LogP contribution in [-0.4, -0.2) is 15.0 Å². The van der Waals surface area contributed by atoms with Crippen LogP contribution in [0.4, 0.5) is 0 Å². The van der Waals surface area contributed by atoms with Crippen LogP contribution in [0.1, 0.15) is 22.3 Å². The monoisotopic (exact) mass is 549 g/mol. The highest BCUT2D eigenvalue weighted by Gasteiger charge is 2.46. The van der Waals surface area contributed by atoms with Crippen LogP contribution >= 0.6 is 0 Å². The summed E-state index contributed by atoms with van der Waals surface area (Å²) in [5.74, 6) is 1.33. The van der Waals surface area contributed by atoms with Crippen molar-refractivity contribution >= 4 is 0 Å². The molecule has 0 radical (unpaired) electrons. The summed E-state index contributed by atoms with van der Waals surface area (Å²) in [4.78, 5) is 13.8. The Hall–Kier alpha value is -5.67. The van der Waals surface area contributed by atoms with E-state index in [1.165, 1.54) is 38.9 Å². The predicted octanol–water partition coefficient (Wildman–Crippen LogP) is 9.24. The fourth-order valence-corrected chi connectivity index (χ4v) is 6.72. The number of aromatic nitrogens is 3. The van der Waals surface area contributed by atoms with Gasteiger partial charge in [0.2, 0.25) is 0 Å². The van der Waals surface area contributed by atoms with Crippen LogP contribution in [0.5, 0.6) is 0 Å². The highest BCUT2D eigenvalue weighted by molar-refractivity contribution is 5.95. The van der Waals surface area contributed by atoms with Crippen LogP contribution in [0.3, 0.4) is 0 Å². The van der Waals surface area contributed by atoms with E-state index in [9.17, 15) is 0 Å². The van der Waals surface area contributed by atoms with Crippen molar-refractivity contribution in [2.45, 2.75) is 5.41 Å². The highest BCUT2D eigenvalue weighted by atomic mass is 15.0. The summed E-state index contributed by atoms with van der Waals surface area (Å²) in [6, 6.07) is 56.0. The third kappa shape index (κ3) is 4.01. The SMILES string of the molecule is c1ccc(-c2ncnc(-c3cccc(-c4cccc5c4-c4ccccc4C5(c4ccccc4)c4ccccc4)c3)n2)cc1. The van der Waals surface area contributed by atoms with Crippen LogP contribution in [0.25, 0.3) is 45.0 Å². The summed E-state index contributed by atoms with van der Waals surface area (Å²) < 4.78 is 0. The van der Waals surface area contributed by atoms with Gasteiger partial charge in [-0.3, -0.25) is 0 Å². The van der Waals surface area contributed by atoms with Gasteiger partial charge in [0.15, 0.2) is 11.6 Å². The first-order chi connectivity index (χ1) is 21.3. The van der Waals surface area contributed by atoms with E-state index in [4.69, 9.17) is 4.98 Å². The van der Waals surface area contributed by atoms with E-state index in [-0.39, 0.29) is 0 Å². The lowest BCUT2D eigenvalue weighted by Crippen LogP contribution is -2.28. The van der Waals surface area contributed by atoms with Crippen LogP contribution < -0.4 is 0 Å². The number of rotatable bonds is 5. The minimum atomic E-state index is -0.430. The predicted molar refractivity (Wildman–Crippen MR) is 173 cm³/mol. The topological polar surface area (TPSA) is 38.7 Å². The number of fused-ring (bicyclic) bond motifs is 3. The first-order valence-electron chi connectivity index (χ1n) is 14.5. The second-order valence-electron chi connectivity index (χ2n) is 10.8. The van der Waals surface area contributed by atoms with Crippen LogP contribution in [0, 0.1) is 0 Å². The summed E-state index contributed by atoms with van der Waals surface area (Å²) in [6.45, 7) is 0. The Kier molecular flexibility index (Phi) is 6.01. The highest BCUT2D eigenvalue weighted by Crippen LogP contribution is 2.58. The zero-order valence-electron chi connectivity index (χ0n) is 23.4. The fourth-order valence-electron chi connectivity index (χ4n) is 6.72. The molecule has 43 heavy (non-hydrogen) atoms. The third-order valence-electron chi connectivity index (χ3n) is 8.52. The molecule has 1 aromatic heterocycles. The standard InChI is InChI=1S/C40H27N3/c1-4-14-28(15-5-1)38-41-27-42-39(43-38)30-17-12-16-29(26-30)33-23-13-25-36-37(33)34-22-10-11-24-35(34)40(36,31-18-6-2-7-19-31)32-20-8-3-9-21-32/h1-27H. The van der Waals surface area contributed by atoms with Crippen LogP contribution in [-0.2, 0) is 5.41 Å². The molecule has 0 unspecified atom stereocenters. The lowest BCUT2D eigenvalue weighted by Gasteiger charge is -2.34. The van der Waals surface area contributed by atoms with Gasteiger partial charge in [-0.2, -0.15) is 0 Å². The Morgan fingerprint density at radius 3 is 1.63 bits per heavy atom. The summed E-state index contributed by atoms with van der Waals surface area (Å²) >= 11 is 0. The normalized spacial score (nSPS) is 12.8. The minimum absolute atomic E-state index is 0.430. The van der Waals surface area contributed by atoms with Crippen molar-refractivity contribution < 1.29 is 0 Å². The maximum Gasteiger partial charge on any atom is 0.163 e. The van der Waals surface area contributed by atoms with Gasteiger partial charge in [-0.15, -0.1) is 0 Å². The first-order valence-corrected chi connectivity index (χ1v) is 14.5. The molecule has 3 heteroatoms. The fraction of sp³-hybridized carbons (Fsp3) is 0.0250. The van der Waals surface area contributed by atoms with E-state index in [0.717, 1.165) is 16.7 Å². The molecule has 1 aliphatic carbocycles. The largest absolute Gasteiger partial charge is 0.217 e. The van der Waals surface area contributed by atoms with Crippen molar-refractivity contribution in [1.29, 1.82) is 0 Å². The van der Waals surface area contributed by atoms with Crippen molar-refractivity contribution in [2.75, 3.05) is 0 Å². The molecular weight excluding hydrogens is 522 g/mol. The maximum atomic E-state index is 4.84. The smallest absolute Gasteiger partial charge is 0.163 e. The van der Waals surface area contributed by atoms with Gasteiger partial charge in [0, 0.05) is 11.1 Å². The molecule has 0 saturated carbocycles. The molecule has 1 heterocycles. The van der Waals surface area contributed by atoms with Gasteiger partial charge in [0.05, 0.1) is 5.41 Å². The first kappa shape index (κ1) is 25.1. The van der Waals surface area contributed by atoms with Gasteiger partial charge < -0.3 is 0 Å². The third-order valence-corrected chi connectivity index (χ3v) is 8.52. The Labute approximate surface area is 251 Å². The molecule has 0 atom stereocenters. The Morgan fingerprint density at radius 1 is 0.395 bits per heavy atom. The molecule has 7 aromatic rings. The molecule has 3 nitrogen and oxygen atoms in total. The van der Waals surface area contributed by atoms with E-state index < -0.39 is 5.41 Å². The van der Waals surface area contributed by atoms with Crippen molar-refractivity contribution in [2.24, 2.45) is 0 Å². The van der Waals surface area contributed by atoms with Gasteiger partial charge in [0.25, 0.3) is 0 Å². The molecule has 0 spiro atoms. The second-order valence-corrected chi connectivity index (χ2v) is 10.8. The molecule has 0 N–H and O–H groups in total. The molecule has 6 aromatic carbocycles. The molecule has 0 bridgehead atoms. The van der Waals surface area contributed by atoms with Gasteiger partial charge >= 0.3 is 0 Å². The van der Waals surface area contributed by atoms with Crippen molar-refractivity contribution in [3.8, 4) is 45.0 Å². The second kappa shape index (κ2) is 10.3. The van der Waals surface area contributed by atoms with Gasteiger partial charge in [0.1, 0.15) is 6.33 Å². The van der Waals surface area contributed by atoms with E-state index in [0.29, 0.717) is 11.6 Å². The molecule has 0 aliphatic heterocycles. The quantitative estimate of drug-likeness (QED) is 0.215. The molecule has 8 rings (SSSR count). The maximum absolute atomic E-state index is 4.84. The van der Waals surface area contributed by atoms with Crippen molar-refractivity contribution in [3.05, 3.63) is 186 Å². The number of hydrogen-bond donors (Lipinski definition) is 0. The minimum Gasteiger partial charge on any atom is -0.217 e. The zero-order valence-corrected chi connectivity index (χ0v) is 23.4. The molecular formula is C40H27N3. The summed E-state index contributed by atoms with van der Waals surface area (Å²) in [5.41, 5.74) is 11.5. The van der Waals surface area contributed by atoms with Gasteiger partial charge in [-0.1, -0.05) is 152 Å². The van der Waals surface area contributed by atoms with E-state index >= 15 is 0 Å². The van der Waals surface area contributed by atoms with Crippen LogP contribution in [0.15, 0.2) is 164 Å². The number of benzene rings is 6. The number of hydrogen-bond acceptors (Lipinski definition) is 3. The summed E-state index contributed by atoms with van der Waals surface area (Å²) in [7, 11) is 0. The Bertz CT molecular complexity index is 2030. The van der Waals surface area contributed by atoms with Gasteiger partial charge in [-0.05, 0) is 50.6 Å². The molecule has 0 amide bonds. The van der Waals surface area contributed by atoms with E-state index in [1.807, 2.05) is 30.3 Å². The Morgan fingerprint density at radius 2 is 0.907 bits per heavy atom. The number of nitrogens with zero attached hydrogens (tertiary/aromatic N) is 3. The zero-order chi connectivity index (χ0) is 28.6. The van der Waals surface area contributed by atoms with E-state index in [2.05, 4.69) is 137 Å². The van der Waals surface area contributed by atoms with Crippen LogP contribution in [0.2, 0.25) is 0 Å². The lowest BCUT2D eigenvalue weighted by molar-refractivity contribution is 0.768.